The summed E-state index contributed by atoms with van der Waals surface area (Å²) in [4.78, 5) is 9.86. The number of hydrogen-bond acceptors (Lipinski definition) is 3. The Labute approximate surface area is 115 Å². The van der Waals surface area contributed by atoms with E-state index in [1.54, 1.807) is 0 Å². The molecule has 3 atom stereocenters. The second kappa shape index (κ2) is 4.46. The van der Waals surface area contributed by atoms with Gasteiger partial charge in [-0.15, -0.1) is 0 Å². The predicted molar refractivity (Wildman–Crippen MR) is 76.4 cm³/mol. The Kier molecular flexibility index (Phi) is 2.75. The molecule has 0 aliphatic heterocycles. The van der Waals surface area contributed by atoms with Gasteiger partial charge in [0.15, 0.2) is 0 Å². The molecule has 1 aromatic heterocycles. The van der Waals surface area contributed by atoms with Gasteiger partial charge in [0, 0.05) is 23.7 Å². The third-order valence-electron chi connectivity index (χ3n) is 5.36. The van der Waals surface area contributed by atoms with E-state index in [0.717, 1.165) is 42.9 Å². The van der Waals surface area contributed by atoms with Gasteiger partial charge in [-0.1, -0.05) is 6.42 Å². The van der Waals surface area contributed by atoms with Gasteiger partial charge in [-0.3, -0.25) is 0 Å². The van der Waals surface area contributed by atoms with Gasteiger partial charge < -0.3 is 5.32 Å². The van der Waals surface area contributed by atoms with Gasteiger partial charge in [-0.2, -0.15) is 0 Å². The molecular formula is C16H23N3. The van der Waals surface area contributed by atoms with Crippen molar-refractivity contribution in [3.63, 3.8) is 0 Å². The number of nitrogens with one attached hydrogen (secondary N) is 1. The third-order valence-corrected chi connectivity index (χ3v) is 5.36. The number of hydrogen-bond donors (Lipinski definition) is 1. The van der Waals surface area contributed by atoms with Gasteiger partial charge in [0.2, 0.25) is 0 Å². The summed E-state index contributed by atoms with van der Waals surface area (Å²) in [6.07, 6.45) is 9.20. The van der Waals surface area contributed by atoms with Crippen molar-refractivity contribution in [2.24, 2.45) is 11.8 Å². The van der Waals surface area contributed by atoms with Crippen LogP contribution in [0.3, 0.4) is 0 Å². The van der Waals surface area contributed by atoms with Crippen LogP contribution in [0.4, 0.5) is 5.82 Å². The van der Waals surface area contributed by atoms with Crippen LogP contribution in [0, 0.1) is 11.8 Å². The number of aromatic nitrogens is 2. The molecule has 3 aliphatic carbocycles. The molecule has 3 heteroatoms. The summed E-state index contributed by atoms with van der Waals surface area (Å²) >= 11 is 0. The zero-order valence-corrected chi connectivity index (χ0v) is 11.8. The van der Waals surface area contributed by atoms with Crippen LogP contribution in [-0.2, 0) is 12.8 Å². The van der Waals surface area contributed by atoms with Crippen molar-refractivity contribution in [3.05, 3.63) is 17.1 Å². The molecular weight excluding hydrogens is 234 g/mol. The van der Waals surface area contributed by atoms with Crippen molar-refractivity contribution < 1.29 is 0 Å². The average Bonchev–Trinajstić information content (AvgIpc) is 3.14. The van der Waals surface area contributed by atoms with E-state index >= 15 is 0 Å². The van der Waals surface area contributed by atoms with E-state index in [-0.39, 0.29) is 0 Å². The molecule has 1 aromatic rings. The van der Waals surface area contributed by atoms with Gasteiger partial charge in [0.05, 0.1) is 0 Å². The SMILES string of the molecule is CCNc1nc(C2CC3CCC2C3)nc2c1CCC2. The van der Waals surface area contributed by atoms with Crippen LogP contribution in [0.25, 0.3) is 0 Å². The van der Waals surface area contributed by atoms with Gasteiger partial charge in [-0.05, 0) is 57.3 Å². The number of nitrogens with zero attached hydrogens (tertiary/aromatic N) is 2. The molecule has 4 rings (SSSR count). The smallest absolute Gasteiger partial charge is 0.134 e. The van der Waals surface area contributed by atoms with E-state index in [1.807, 2.05) is 0 Å². The second-order valence-electron chi connectivity index (χ2n) is 6.52. The third kappa shape index (κ3) is 1.86. The van der Waals surface area contributed by atoms with E-state index < -0.39 is 0 Å². The zero-order valence-electron chi connectivity index (χ0n) is 11.8. The highest BCUT2D eigenvalue weighted by Crippen LogP contribution is 2.52. The summed E-state index contributed by atoms with van der Waals surface area (Å²) < 4.78 is 0. The second-order valence-corrected chi connectivity index (χ2v) is 6.52. The van der Waals surface area contributed by atoms with Gasteiger partial charge >= 0.3 is 0 Å². The van der Waals surface area contributed by atoms with Crippen molar-refractivity contribution in [2.75, 3.05) is 11.9 Å². The lowest BCUT2D eigenvalue weighted by Gasteiger charge is -2.22. The molecule has 0 saturated heterocycles. The van der Waals surface area contributed by atoms with Crippen LogP contribution in [0.15, 0.2) is 0 Å². The van der Waals surface area contributed by atoms with E-state index in [0.29, 0.717) is 5.92 Å². The number of rotatable bonds is 3. The molecule has 0 amide bonds. The summed E-state index contributed by atoms with van der Waals surface area (Å²) in [6, 6.07) is 0. The zero-order chi connectivity index (χ0) is 12.8. The highest BCUT2D eigenvalue weighted by Gasteiger charge is 2.42. The molecule has 0 spiro atoms. The van der Waals surface area contributed by atoms with E-state index in [4.69, 9.17) is 9.97 Å². The monoisotopic (exact) mass is 257 g/mol. The fourth-order valence-corrected chi connectivity index (χ4v) is 4.49. The molecule has 1 N–H and O–H groups in total. The first-order valence-corrected chi connectivity index (χ1v) is 7.98. The minimum absolute atomic E-state index is 0.655. The lowest BCUT2D eigenvalue weighted by Crippen LogP contribution is -2.15. The Morgan fingerprint density at radius 1 is 1.16 bits per heavy atom. The van der Waals surface area contributed by atoms with Crippen molar-refractivity contribution in [2.45, 2.75) is 57.8 Å². The Hall–Kier alpha value is -1.12. The maximum absolute atomic E-state index is 4.95. The van der Waals surface area contributed by atoms with Crippen LogP contribution >= 0.6 is 0 Å². The molecule has 1 heterocycles. The van der Waals surface area contributed by atoms with Crippen molar-refractivity contribution in [3.8, 4) is 0 Å². The molecule has 3 unspecified atom stereocenters. The summed E-state index contributed by atoms with van der Waals surface area (Å²) in [5.41, 5.74) is 2.73. The molecule has 0 aromatic carbocycles. The first-order chi connectivity index (χ1) is 9.35. The highest BCUT2D eigenvalue weighted by atomic mass is 15.0. The van der Waals surface area contributed by atoms with E-state index in [2.05, 4.69) is 12.2 Å². The predicted octanol–water partition coefficient (Wildman–Crippen LogP) is 3.30. The minimum Gasteiger partial charge on any atom is -0.370 e. The van der Waals surface area contributed by atoms with Crippen LogP contribution in [0.2, 0.25) is 0 Å². The Bertz CT molecular complexity index is 497. The maximum atomic E-state index is 4.95. The molecule has 3 nitrogen and oxygen atoms in total. The lowest BCUT2D eigenvalue weighted by molar-refractivity contribution is 0.405. The minimum atomic E-state index is 0.655. The molecule has 2 fully saturated rings. The van der Waals surface area contributed by atoms with Gasteiger partial charge in [-0.25, -0.2) is 9.97 Å². The average molecular weight is 257 g/mol. The lowest BCUT2D eigenvalue weighted by atomic mass is 9.88. The Morgan fingerprint density at radius 3 is 2.84 bits per heavy atom. The van der Waals surface area contributed by atoms with Gasteiger partial charge in [0.1, 0.15) is 11.6 Å². The van der Waals surface area contributed by atoms with Crippen LogP contribution in [0.5, 0.6) is 0 Å². The fraction of sp³-hybridized carbons (Fsp3) is 0.750. The number of fused-ring (bicyclic) bond motifs is 3. The maximum Gasteiger partial charge on any atom is 0.134 e. The fourth-order valence-electron chi connectivity index (χ4n) is 4.49. The number of aryl methyl sites for hydroxylation is 1. The van der Waals surface area contributed by atoms with Crippen molar-refractivity contribution in [1.82, 2.24) is 9.97 Å². The topological polar surface area (TPSA) is 37.8 Å². The molecule has 19 heavy (non-hydrogen) atoms. The Morgan fingerprint density at radius 2 is 2.11 bits per heavy atom. The first-order valence-electron chi connectivity index (χ1n) is 7.98. The van der Waals surface area contributed by atoms with Crippen molar-refractivity contribution in [1.29, 1.82) is 0 Å². The standard InChI is InChI=1S/C16H23N3/c1-2-17-15-12-4-3-5-14(12)18-16(19-15)13-9-10-6-7-11(13)8-10/h10-11,13H,2-9H2,1H3,(H,17,18,19). The molecule has 2 saturated carbocycles. The quantitative estimate of drug-likeness (QED) is 0.903. The Balaban J connectivity index is 1.70. The summed E-state index contributed by atoms with van der Waals surface area (Å²) in [6.45, 7) is 3.11. The highest BCUT2D eigenvalue weighted by molar-refractivity contribution is 5.49. The van der Waals surface area contributed by atoms with Crippen molar-refractivity contribution >= 4 is 5.82 Å². The molecule has 102 valence electrons. The summed E-state index contributed by atoms with van der Waals surface area (Å²) in [7, 11) is 0. The number of anilines is 1. The van der Waals surface area contributed by atoms with Crippen LogP contribution in [0.1, 0.15) is 62.0 Å². The van der Waals surface area contributed by atoms with Crippen LogP contribution in [-0.4, -0.2) is 16.5 Å². The summed E-state index contributed by atoms with van der Waals surface area (Å²) in [5, 5.41) is 3.46. The summed E-state index contributed by atoms with van der Waals surface area (Å²) in [5.74, 6) is 4.79. The first kappa shape index (κ1) is 11.7. The van der Waals surface area contributed by atoms with E-state index in [1.165, 1.54) is 43.4 Å². The van der Waals surface area contributed by atoms with Gasteiger partial charge in [0.25, 0.3) is 0 Å². The molecule has 0 radical (unpaired) electrons. The molecule has 3 aliphatic rings. The van der Waals surface area contributed by atoms with E-state index in [9.17, 15) is 0 Å². The normalized spacial score (nSPS) is 31.7. The molecule has 2 bridgehead atoms. The largest absolute Gasteiger partial charge is 0.370 e. The van der Waals surface area contributed by atoms with Crippen LogP contribution < -0.4 is 5.32 Å².